The minimum Gasteiger partial charge on any atom is -0.748 e. The van der Waals surface area contributed by atoms with Gasteiger partial charge < -0.3 is 9.66 Å². The fraction of sp³-hybridized carbons (Fsp3) is 1.00. The van der Waals surface area contributed by atoms with Gasteiger partial charge in [0, 0.05) is 5.75 Å². The van der Waals surface area contributed by atoms with E-state index in [0.29, 0.717) is 6.42 Å². The predicted octanol–water partition coefficient (Wildman–Crippen LogP) is 3.33. The summed E-state index contributed by atoms with van der Waals surface area (Å²) >= 11 is 0. The molecular weight excluding hydrogens is 383 g/mol. The summed E-state index contributed by atoms with van der Waals surface area (Å²) in [6.07, 6.45) is 21.8. The summed E-state index contributed by atoms with van der Waals surface area (Å²) in [6.45, 7) is 2.25. The zero-order valence-corrected chi connectivity index (χ0v) is 21.6. The van der Waals surface area contributed by atoms with E-state index in [1.54, 1.807) is 0 Å². The summed E-state index contributed by atoms with van der Waals surface area (Å²) in [5, 5.41) is 10.0. The van der Waals surface area contributed by atoms with Crippen molar-refractivity contribution in [1.82, 2.24) is 0 Å². The SMILES string of the molecule is CCCCCCCCCCCC(O)CCCCCCCCCCS(=O)(=O)[O-].[Na+]. The van der Waals surface area contributed by atoms with Gasteiger partial charge in [-0.3, -0.25) is 0 Å². The summed E-state index contributed by atoms with van der Waals surface area (Å²) in [7, 11) is -4.03. The van der Waals surface area contributed by atoms with Crippen LogP contribution in [0.1, 0.15) is 129 Å². The third-order valence-corrected chi connectivity index (χ3v) is 6.11. The van der Waals surface area contributed by atoms with Crippen LogP contribution in [0.25, 0.3) is 0 Å². The molecule has 0 bridgehead atoms. The molecule has 0 aliphatic carbocycles. The molecule has 0 fully saturated rings. The molecule has 1 N–H and O–H groups in total. The molecule has 1 unspecified atom stereocenters. The van der Waals surface area contributed by atoms with Gasteiger partial charge in [0.2, 0.25) is 0 Å². The maximum absolute atomic E-state index is 10.5. The normalized spacial score (nSPS) is 12.7. The van der Waals surface area contributed by atoms with Crippen LogP contribution >= 0.6 is 0 Å². The summed E-state index contributed by atoms with van der Waals surface area (Å²) in [4.78, 5) is 0. The van der Waals surface area contributed by atoms with Gasteiger partial charge in [-0.15, -0.1) is 0 Å². The van der Waals surface area contributed by atoms with Crippen molar-refractivity contribution in [2.75, 3.05) is 5.75 Å². The molecular formula is C22H45NaO4S. The number of aliphatic hydroxyl groups excluding tert-OH is 1. The van der Waals surface area contributed by atoms with Gasteiger partial charge in [-0.25, -0.2) is 8.42 Å². The standard InChI is InChI=1S/C22H46O4S.Na/c1-2-3-4-5-6-7-10-13-16-19-22(23)20-17-14-11-8-9-12-15-18-21-27(24,25)26;/h22-23H,2-21H2,1H3,(H,24,25,26);/q;+1/p-1. The van der Waals surface area contributed by atoms with E-state index in [1.807, 2.05) is 0 Å². The third kappa shape index (κ3) is 26.9. The van der Waals surface area contributed by atoms with Crippen LogP contribution in [0.5, 0.6) is 0 Å². The first-order valence-electron chi connectivity index (χ1n) is 11.6. The van der Waals surface area contributed by atoms with Crippen LogP contribution in [0.3, 0.4) is 0 Å². The Morgan fingerprint density at radius 3 is 1.32 bits per heavy atom. The van der Waals surface area contributed by atoms with Crippen molar-refractivity contribution in [1.29, 1.82) is 0 Å². The van der Waals surface area contributed by atoms with Crippen LogP contribution in [0.15, 0.2) is 0 Å². The molecule has 0 radical (unpaired) electrons. The van der Waals surface area contributed by atoms with Crippen molar-refractivity contribution < 1.29 is 47.6 Å². The van der Waals surface area contributed by atoms with Crippen molar-refractivity contribution in [2.24, 2.45) is 0 Å². The van der Waals surface area contributed by atoms with Crippen molar-refractivity contribution >= 4 is 10.1 Å². The van der Waals surface area contributed by atoms with E-state index in [9.17, 15) is 18.1 Å². The van der Waals surface area contributed by atoms with Crippen LogP contribution in [0.4, 0.5) is 0 Å². The summed E-state index contributed by atoms with van der Waals surface area (Å²) in [5.41, 5.74) is 0. The molecule has 0 saturated heterocycles. The van der Waals surface area contributed by atoms with Gasteiger partial charge in [-0.1, -0.05) is 110 Å². The molecule has 0 aromatic heterocycles. The molecule has 0 aliphatic rings. The van der Waals surface area contributed by atoms with E-state index >= 15 is 0 Å². The van der Waals surface area contributed by atoms with Gasteiger partial charge in [0.1, 0.15) is 0 Å². The molecule has 0 aromatic carbocycles. The second-order valence-electron chi connectivity index (χ2n) is 8.15. The van der Waals surface area contributed by atoms with Gasteiger partial charge in [-0.05, 0) is 19.3 Å². The molecule has 0 heterocycles. The van der Waals surface area contributed by atoms with Gasteiger partial charge in [0.05, 0.1) is 16.2 Å². The largest absolute Gasteiger partial charge is 1.00 e. The molecule has 0 aromatic rings. The molecule has 6 heteroatoms. The van der Waals surface area contributed by atoms with E-state index < -0.39 is 10.1 Å². The topological polar surface area (TPSA) is 77.4 Å². The van der Waals surface area contributed by atoms with Gasteiger partial charge in [0.15, 0.2) is 0 Å². The van der Waals surface area contributed by atoms with Crippen molar-refractivity contribution in [2.45, 2.75) is 135 Å². The Morgan fingerprint density at radius 1 is 0.643 bits per heavy atom. The zero-order chi connectivity index (χ0) is 20.2. The molecule has 0 aliphatic heterocycles. The van der Waals surface area contributed by atoms with Gasteiger partial charge >= 0.3 is 29.6 Å². The van der Waals surface area contributed by atoms with E-state index in [1.165, 1.54) is 70.6 Å². The first-order valence-corrected chi connectivity index (χ1v) is 13.1. The Balaban J connectivity index is 0. The fourth-order valence-corrected chi connectivity index (χ4v) is 4.11. The van der Waals surface area contributed by atoms with Gasteiger partial charge in [0.25, 0.3) is 0 Å². The second-order valence-corrected chi connectivity index (χ2v) is 9.67. The Bertz CT molecular complexity index is 401. The van der Waals surface area contributed by atoms with Crippen LogP contribution in [0, 0.1) is 0 Å². The number of aliphatic hydroxyl groups is 1. The molecule has 0 rings (SSSR count). The zero-order valence-electron chi connectivity index (χ0n) is 18.8. The average molecular weight is 429 g/mol. The van der Waals surface area contributed by atoms with E-state index in [-0.39, 0.29) is 41.4 Å². The fourth-order valence-electron chi connectivity index (χ4n) is 3.55. The number of unbranched alkanes of at least 4 members (excludes halogenated alkanes) is 15. The Morgan fingerprint density at radius 2 is 0.964 bits per heavy atom. The molecule has 0 spiro atoms. The Hall–Kier alpha value is 0.870. The molecule has 164 valence electrons. The quantitative estimate of drug-likeness (QED) is 0.173. The summed E-state index contributed by atoms with van der Waals surface area (Å²) in [6, 6.07) is 0. The number of rotatable bonds is 21. The maximum Gasteiger partial charge on any atom is 1.00 e. The first-order chi connectivity index (χ1) is 13.0. The van der Waals surface area contributed by atoms with Gasteiger partial charge in [-0.2, -0.15) is 0 Å². The molecule has 1 atom stereocenters. The number of hydrogen-bond acceptors (Lipinski definition) is 4. The molecule has 28 heavy (non-hydrogen) atoms. The molecule has 4 nitrogen and oxygen atoms in total. The molecule has 0 amide bonds. The average Bonchev–Trinajstić information content (AvgIpc) is 2.61. The van der Waals surface area contributed by atoms with Crippen molar-refractivity contribution in [3.63, 3.8) is 0 Å². The minimum atomic E-state index is -4.03. The number of hydrogen-bond donors (Lipinski definition) is 1. The van der Waals surface area contributed by atoms with Crippen LogP contribution < -0.4 is 29.6 Å². The van der Waals surface area contributed by atoms with E-state index in [0.717, 1.165) is 44.9 Å². The molecule has 0 saturated carbocycles. The maximum atomic E-state index is 10.5. The third-order valence-electron chi connectivity index (χ3n) is 5.32. The predicted molar refractivity (Wildman–Crippen MR) is 114 cm³/mol. The van der Waals surface area contributed by atoms with Crippen LogP contribution in [-0.4, -0.2) is 29.9 Å². The summed E-state index contributed by atoms with van der Waals surface area (Å²) in [5.74, 6) is -0.218. The monoisotopic (exact) mass is 428 g/mol. The van der Waals surface area contributed by atoms with Crippen molar-refractivity contribution in [3.05, 3.63) is 0 Å². The Labute approximate surface area is 197 Å². The van der Waals surface area contributed by atoms with Crippen molar-refractivity contribution in [3.8, 4) is 0 Å². The van der Waals surface area contributed by atoms with E-state index in [2.05, 4.69) is 6.92 Å². The van der Waals surface area contributed by atoms with Crippen LogP contribution in [-0.2, 0) is 10.1 Å². The van der Waals surface area contributed by atoms with E-state index in [4.69, 9.17) is 0 Å². The minimum absolute atomic E-state index is 0. The second kappa shape index (κ2) is 22.6. The Kier molecular flexibility index (Phi) is 25.0. The first kappa shape index (κ1) is 31.1. The smallest absolute Gasteiger partial charge is 0.748 e. The summed E-state index contributed by atoms with van der Waals surface area (Å²) < 4.78 is 31.4. The van der Waals surface area contributed by atoms with Crippen LogP contribution in [0.2, 0.25) is 0 Å².